The Morgan fingerprint density at radius 2 is 0.852 bits per heavy atom. The molecule has 0 aliphatic carbocycles. The van der Waals surface area contributed by atoms with Gasteiger partial charge in [-0.25, -0.2) is 0 Å². The summed E-state index contributed by atoms with van der Waals surface area (Å²) in [5.74, 6) is 2.33. The molecule has 0 saturated carbocycles. The van der Waals surface area contributed by atoms with E-state index in [0.29, 0.717) is 23.7 Å². The molecule has 160 valence electrons. The number of hydrogen-bond acceptors (Lipinski definition) is 3. The van der Waals surface area contributed by atoms with E-state index in [1.807, 2.05) is 0 Å². The van der Waals surface area contributed by atoms with Gasteiger partial charge in [-0.1, -0.05) is 68.2 Å². The molecule has 0 amide bonds. The van der Waals surface area contributed by atoms with Gasteiger partial charge in [-0.2, -0.15) is 0 Å². The fraction of sp³-hybridized carbons (Fsp3) is 0.917. The van der Waals surface area contributed by atoms with Gasteiger partial charge in [0.05, 0.1) is 0 Å². The Labute approximate surface area is 170 Å². The summed E-state index contributed by atoms with van der Waals surface area (Å²) >= 11 is 0. The van der Waals surface area contributed by atoms with Gasteiger partial charge < -0.3 is 5.32 Å². The second kappa shape index (κ2) is 16.3. The average Bonchev–Trinajstić information content (AvgIpc) is 2.56. The van der Waals surface area contributed by atoms with Crippen LogP contribution in [0.2, 0.25) is 0 Å². The van der Waals surface area contributed by atoms with Gasteiger partial charge in [-0.05, 0) is 62.4 Å². The van der Waals surface area contributed by atoms with Crippen LogP contribution >= 0.6 is 0 Å². The molecule has 0 radical (unpaired) electrons. The van der Waals surface area contributed by atoms with E-state index in [1.54, 1.807) is 0 Å². The summed E-state index contributed by atoms with van der Waals surface area (Å²) in [5, 5.41) is 3.59. The molecule has 0 heterocycles. The van der Waals surface area contributed by atoms with Crippen molar-refractivity contribution in [2.24, 2.45) is 33.7 Å². The Kier molecular flexibility index (Phi) is 15.9. The van der Waals surface area contributed by atoms with Gasteiger partial charge in [0, 0.05) is 24.5 Å². The van der Waals surface area contributed by atoms with Crippen LogP contribution in [0.15, 0.2) is 9.98 Å². The van der Waals surface area contributed by atoms with Crippen molar-refractivity contribution in [3.8, 4) is 0 Å². The first-order valence-corrected chi connectivity index (χ1v) is 11.6. The summed E-state index contributed by atoms with van der Waals surface area (Å²) in [6.07, 6.45) is 7.53. The van der Waals surface area contributed by atoms with Gasteiger partial charge in [0.1, 0.15) is 0 Å². The zero-order valence-electron chi connectivity index (χ0n) is 19.8. The Hall–Kier alpha value is -0.700. The molecular formula is C24H49N3. The molecule has 0 aromatic heterocycles. The molecule has 0 atom stereocenters. The molecule has 3 nitrogen and oxygen atoms in total. The molecule has 1 N–H and O–H groups in total. The quantitative estimate of drug-likeness (QED) is 0.244. The number of nitrogens with zero attached hydrogens (tertiary/aromatic N) is 2. The number of hydrogen-bond donors (Lipinski definition) is 1. The summed E-state index contributed by atoms with van der Waals surface area (Å²) in [7, 11) is 0. The lowest BCUT2D eigenvalue weighted by atomic mass is 9.97. The number of unbranched alkanes of at least 4 members (excludes halogenated alkanes) is 4. The Morgan fingerprint density at radius 3 is 1.15 bits per heavy atom. The van der Waals surface area contributed by atoms with Crippen molar-refractivity contribution >= 4 is 11.4 Å². The molecule has 0 aromatic rings. The van der Waals surface area contributed by atoms with Gasteiger partial charge in [-0.15, -0.1) is 0 Å². The Bertz CT molecular complexity index is 348. The predicted octanol–water partition coefficient (Wildman–Crippen LogP) is 6.42. The van der Waals surface area contributed by atoms with Crippen molar-refractivity contribution in [1.82, 2.24) is 5.32 Å². The molecule has 3 heteroatoms. The topological polar surface area (TPSA) is 36.8 Å². The van der Waals surface area contributed by atoms with Crippen LogP contribution in [0.3, 0.4) is 0 Å². The first-order chi connectivity index (χ1) is 12.8. The third-order valence-corrected chi connectivity index (χ3v) is 4.98. The second-order valence-electron chi connectivity index (χ2n) is 9.10. The molecule has 27 heavy (non-hydrogen) atoms. The van der Waals surface area contributed by atoms with E-state index >= 15 is 0 Å². The molecule has 0 bridgehead atoms. The van der Waals surface area contributed by atoms with Crippen LogP contribution in [0.5, 0.6) is 0 Å². The van der Waals surface area contributed by atoms with Crippen molar-refractivity contribution in [1.29, 1.82) is 0 Å². The lowest BCUT2D eigenvalue weighted by Crippen LogP contribution is -2.17. The van der Waals surface area contributed by atoms with Gasteiger partial charge >= 0.3 is 0 Å². The van der Waals surface area contributed by atoms with Crippen molar-refractivity contribution in [3.63, 3.8) is 0 Å². The van der Waals surface area contributed by atoms with E-state index in [9.17, 15) is 0 Å². The van der Waals surface area contributed by atoms with Crippen LogP contribution in [0, 0.1) is 23.7 Å². The molecule has 0 aromatic carbocycles. The van der Waals surface area contributed by atoms with Gasteiger partial charge in [-0.3, -0.25) is 9.98 Å². The highest BCUT2D eigenvalue weighted by Crippen LogP contribution is 2.10. The zero-order chi connectivity index (χ0) is 20.7. The van der Waals surface area contributed by atoms with E-state index in [1.165, 1.54) is 49.9 Å². The molecule has 0 unspecified atom stereocenters. The zero-order valence-corrected chi connectivity index (χ0v) is 19.8. The Balaban J connectivity index is 3.58. The van der Waals surface area contributed by atoms with E-state index in [2.05, 4.69) is 60.7 Å². The van der Waals surface area contributed by atoms with Gasteiger partial charge in [0.15, 0.2) is 0 Å². The average molecular weight is 380 g/mol. The molecule has 0 fully saturated rings. The third-order valence-electron chi connectivity index (χ3n) is 4.98. The smallest absolute Gasteiger partial charge is 0.0388 e. The predicted molar refractivity (Wildman–Crippen MR) is 125 cm³/mol. The van der Waals surface area contributed by atoms with Gasteiger partial charge in [0.25, 0.3) is 0 Å². The molecule has 0 aliphatic heterocycles. The minimum absolute atomic E-state index is 0.583. The van der Waals surface area contributed by atoms with Crippen LogP contribution in [0.4, 0.5) is 0 Å². The minimum atomic E-state index is 0.583. The lowest BCUT2D eigenvalue weighted by Gasteiger charge is -2.14. The fourth-order valence-electron chi connectivity index (χ4n) is 3.68. The highest BCUT2D eigenvalue weighted by molar-refractivity contribution is 5.88. The lowest BCUT2D eigenvalue weighted by molar-refractivity contribution is 0.571. The first kappa shape index (κ1) is 26.3. The van der Waals surface area contributed by atoms with E-state index in [-0.39, 0.29) is 0 Å². The molecule has 0 spiro atoms. The molecule has 0 aliphatic rings. The third kappa shape index (κ3) is 14.0. The molecule has 0 rings (SSSR count). The summed E-state index contributed by atoms with van der Waals surface area (Å²) in [5.41, 5.74) is 2.76. The van der Waals surface area contributed by atoms with Crippen molar-refractivity contribution < 1.29 is 0 Å². The van der Waals surface area contributed by atoms with Crippen molar-refractivity contribution in [3.05, 3.63) is 0 Å². The van der Waals surface area contributed by atoms with Crippen LogP contribution in [-0.4, -0.2) is 37.6 Å². The Morgan fingerprint density at radius 1 is 0.519 bits per heavy atom. The van der Waals surface area contributed by atoms with Crippen LogP contribution in [0.25, 0.3) is 0 Å². The molecule has 0 saturated heterocycles. The van der Waals surface area contributed by atoms with Crippen LogP contribution in [0.1, 0.15) is 93.9 Å². The monoisotopic (exact) mass is 379 g/mol. The summed E-state index contributed by atoms with van der Waals surface area (Å²) < 4.78 is 0. The standard InChI is InChI=1S/C24H49N3/c1-19(2)23(20(3)4)26-17-13-9-11-15-25-16-12-10-14-18-27-24(21(5)6)22(7)8/h19-22,25H,9-18H2,1-8H3. The normalized spacial score (nSPS) is 11.7. The first-order valence-electron chi connectivity index (χ1n) is 11.6. The largest absolute Gasteiger partial charge is 0.317 e. The van der Waals surface area contributed by atoms with E-state index < -0.39 is 0 Å². The van der Waals surface area contributed by atoms with Crippen LogP contribution < -0.4 is 5.32 Å². The number of aliphatic imine (C=N–C) groups is 2. The summed E-state index contributed by atoms with van der Waals surface area (Å²) in [4.78, 5) is 9.64. The summed E-state index contributed by atoms with van der Waals surface area (Å²) in [6, 6.07) is 0. The highest BCUT2D eigenvalue weighted by Gasteiger charge is 2.09. The molecular weight excluding hydrogens is 330 g/mol. The van der Waals surface area contributed by atoms with E-state index in [0.717, 1.165) is 26.2 Å². The maximum atomic E-state index is 4.82. The van der Waals surface area contributed by atoms with Crippen molar-refractivity contribution in [2.45, 2.75) is 93.9 Å². The maximum absolute atomic E-state index is 4.82. The van der Waals surface area contributed by atoms with Crippen LogP contribution in [-0.2, 0) is 0 Å². The second-order valence-corrected chi connectivity index (χ2v) is 9.10. The summed E-state index contributed by atoms with van der Waals surface area (Å²) in [6.45, 7) is 22.3. The van der Waals surface area contributed by atoms with E-state index in [4.69, 9.17) is 9.98 Å². The SMILES string of the molecule is CC(C)C(=NCCCCCNCCCCCN=C(C(C)C)C(C)C)C(C)C. The number of rotatable bonds is 16. The maximum Gasteiger partial charge on any atom is 0.0388 e. The highest BCUT2D eigenvalue weighted by atomic mass is 14.8. The van der Waals surface area contributed by atoms with Crippen molar-refractivity contribution in [2.75, 3.05) is 26.2 Å². The number of nitrogens with one attached hydrogen (secondary N) is 1. The minimum Gasteiger partial charge on any atom is -0.317 e. The fourth-order valence-corrected chi connectivity index (χ4v) is 3.68. The van der Waals surface area contributed by atoms with Gasteiger partial charge in [0.2, 0.25) is 0 Å².